The van der Waals surface area contributed by atoms with Crippen molar-refractivity contribution in [3.8, 4) is 16.9 Å². The predicted molar refractivity (Wildman–Crippen MR) is 111 cm³/mol. The van der Waals surface area contributed by atoms with Crippen molar-refractivity contribution in [1.82, 2.24) is 0 Å². The number of hydrogen-bond donors (Lipinski definition) is 1. The highest BCUT2D eigenvalue weighted by atomic mass is 19.2. The van der Waals surface area contributed by atoms with Gasteiger partial charge in [0.1, 0.15) is 12.7 Å². The molecule has 0 spiro atoms. The van der Waals surface area contributed by atoms with Gasteiger partial charge >= 0.3 is 0 Å². The van der Waals surface area contributed by atoms with Crippen LogP contribution in [0.1, 0.15) is 48.7 Å². The average molecular weight is 446 g/mol. The summed E-state index contributed by atoms with van der Waals surface area (Å²) in [6.45, 7) is 2.17. The maximum absolute atomic E-state index is 14.5. The molecule has 1 saturated heterocycles. The lowest BCUT2D eigenvalue weighted by molar-refractivity contribution is 0.160. The van der Waals surface area contributed by atoms with Crippen molar-refractivity contribution in [3.63, 3.8) is 0 Å². The van der Waals surface area contributed by atoms with Crippen LogP contribution in [0.3, 0.4) is 0 Å². The Balaban J connectivity index is 1.46. The molecule has 1 aliphatic rings. The van der Waals surface area contributed by atoms with Crippen LogP contribution >= 0.6 is 0 Å². The van der Waals surface area contributed by atoms with E-state index in [1.807, 2.05) is 6.92 Å². The summed E-state index contributed by atoms with van der Waals surface area (Å²) in [7, 11) is 0. The fourth-order valence-electron chi connectivity index (χ4n) is 3.55. The third kappa shape index (κ3) is 4.49. The van der Waals surface area contributed by atoms with E-state index in [1.54, 1.807) is 24.3 Å². The summed E-state index contributed by atoms with van der Waals surface area (Å²) in [4.78, 5) is 0. The number of rotatable bonds is 8. The van der Waals surface area contributed by atoms with E-state index in [-0.39, 0.29) is 35.2 Å². The largest absolute Gasteiger partial charge is 0.486 e. The quantitative estimate of drug-likeness (QED) is 0.322. The van der Waals surface area contributed by atoms with E-state index in [2.05, 4.69) is 0 Å². The van der Waals surface area contributed by atoms with Gasteiger partial charge in [-0.05, 0) is 29.7 Å². The number of benzene rings is 3. The molecule has 1 N–H and O–H groups in total. The molecule has 0 bridgehead atoms. The third-order valence-corrected chi connectivity index (χ3v) is 5.45. The van der Waals surface area contributed by atoms with E-state index in [1.165, 1.54) is 24.3 Å². The van der Waals surface area contributed by atoms with Crippen molar-refractivity contribution in [2.45, 2.75) is 38.6 Å². The van der Waals surface area contributed by atoms with E-state index < -0.39 is 29.4 Å². The SMILES string of the molecule is CCCC(O)c1ccc(OCc2ccc(-c3ccc(C4CO4)c(F)c3F)cc2)c(F)c1F. The second kappa shape index (κ2) is 9.30. The normalized spacial score (nSPS) is 16.1. The molecule has 168 valence electrons. The Morgan fingerprint density at radius 2 is 1.66 bits per heavy atom. The molecule has 4 rings (SSSR count). The fraction of sp³-hybridized carbons (Fsp3) is 0.280. The van der Waals surface area contributed by atoms with Crippen molar-refractivity contribution >= 4 is 0 Å². The van der Waals surface area contributed by atoms with Crippen molar-refractivity contribution in [1.29, 1.82) is 0 Å². The van der Waals surface area contributed by atoms with E-state index in [0.717, 1.165) is 0 Å². The number of hydrogen-bond acceptors (Lipinski definition) is 3. The highest BCUT2D eigenvalue weighted by Crippen LogP contribution is 2.36. The van der Waals surface area contributed by atoms with Crippen LogP contribution in [0.4, 0.5) is 17.6 Å². The molecule has 2 atom stereocenters. The number of ether oxygens (including phenoxy) is 2. The van der Waals surface area contributed by atoms with Gasteiger partial charge in [-0.25, -0.2) is 13.2 Å². The Morgan fingerprint density at radius 1 is 0.938 bits per heavy atom. The summed E-state index contributed by atoms with van der Waals surface area (Å²) in [6.07, 6.45) is -0.504. The van der Waals surface area contributed by atoms with Crippen LogP contribution in [0.5, 0.6) is 5.75 Å². The summed E-state index contributed by atoms with van der Waals surface area (Å²) in [5.74, 6) is -4.42. The lowest BCUT2D eigenvalue weighted by Crippen LogP contribution is -2.05. The van der Waals surface area contributed by atoms with Crippen LogP contribution in [0.2, 0.25) is 0 Å². The van der Waals surface area contributed by atoms with Gasteiger partial charge in [0.05, 0.1) is 12.7 Å². The second-order valence-corrected chi connectivity index (χ2v) is 7.72. The molecule has 1 heterocycles. The van der Waals surface area contributed by atoms with Crippen LogP contribution in [-0.4, -0.2) is 11.7 Å². The van der Waals surface area contributed by atoms with Gasteiger partial charge in [0, 0.05) is 16.7 Å². The highest BCUT2D eigenvalue weighted by Gasteiger charge is 2.30. The minimum Gasteiger partial charge on any atom is -0.486 e. The average Bonchev–Trinajstić information content (AvgIpc) is 3.62. The molecule has 0 aliphatic carbocycles. The van der Waals surface area contributed by atoms with E-state index in [0.29, 0.717) is 30.6 Å². The molecule has 7 heteroatoms. The van der Waals surface area contributed by atoms with Gasteiger partial charge in [0.15, 0.2) is 23.2 Å². The Hall–Kier alpha value is -2.90. The van der Waals surface area contributed by atoms with E-state index in [4.69, 9.17) is 9.47 Å². The Kier molecular flexibility index (Phi) is 6.48. The number of aliphatic hydroxyl groups is 1. The molecule has 0 saturated carbocycles. The van der Waals surface area contributed by atoms with Gasteiger partial charge in [-0.3, -0.25) is 0 Å². The molecule has 0 radical (unpaired) electrons. The maximum Gasteiger partial charge on any atom is 0.201 e. The molecule has 0 aromatic heterocycles. The number of aliphatic hydroxyl groups excluding tert-OH is 1. The minimum absolute atomic E-state index is 0.0533. The zero-order valence-electron chi connectivity index (χ0n) is 17.4. The topological polar surface area (TPSA) is 42.0 Å². The Labute approximate surface area is 183 Å². The van der Waals surface area contributed by atoms with Gasteiger partial charge in [0.2, 0.25) is 5.82 Å². The molecular formula is C25H22F4O3. The lowest BCUT2D eigenvalue weighted by atomic mass is 10.0. The standard InChI is InChI=1S/C25H22F4O3/c1-2-3-19(30)17-10-11-20(25(29)23(17)27)31-12-14-4-6-15(7-5-14)16-8-9-18(21-13-32-21)24(28)22(16)26/h4-11,19,21,30H,2-3,12-13H2,1H3. The van der Waals surface area contributed by atoms with Crippen molar-refractivity contribution in [2.75, 3.05) is 6.61 Å². The first-order valence-electron chi connectivity index (χ1n) is 10.4. The summed E-state index contributed by atoms with van der Waals surface area (Å²) < 4.78 is 67.7. The molecule has 3 aromatic rings. The molecule has 3 nitrogen and oxygen atoms in total. The summed E-state index contributed by atoms with van der Waals surface area (Å²) in [6, 6.07) is 12.1. The summed E-state index contributed by atoms with van der Waals surface area (Å²) in [5, 5.41) is 9.92. The molecule has 2 unspecified atom stereocenters. The van der Waals surface area contributed by atoms with Crippen LogP contribution in [0.25, 0.3) is 11.1 Å². The molecule has 1 fully saturated rings. The van der Waals surface area contributed by atoms with Gasteiger partial charge in [-0.15, -0.1) is 0 Å². The summed E-state index contributed by atoms with van der Waals surface area (Å²) in [5.41, 5.74) is 1.33. The van der Waals surface area contributed by atoms with Gasteiger partial charge < -0.3 is 14.6 Å². The zero-order valence-corrected chi connectivity index (χ0v) is 17.4. The van der Waals surface area contributed by atoms with Crippen LogP contribution in [0.15, 0.2) is 48.5 Å². The molecule has 32 heavy (non-hydrogen) atoms. The Bertz CT molecular complexity index is 1110. The molecular weight excluding hydrogens is 424 g/mol. The number of halogens is 4. The first-order valence-corrected chi connectivity index (χ1v) is 10.4. The maximum atomic E-state index is 14.5. The zero-order chi connectivity index (χ0) is 22.8. The first-order chi connectivity index (χ1) is 15.4. The van der Waals surface area contributed by atoms with Gasteiger partial charge in [0.25, 0.3) is 0 Å². The smallest absolute Gasteiger partial charge is 0.201 e. The first kappa shape index (κ1) is 22.3. The third-order valence-electron chi connectivity index (χ3n) is 5.45. The monoisotopic (exact) mass is 446 g/mol. The van der Waals surface area contributed by atoms with Crippen molar-refractivity contribution in [2.24, 2.45) is 0 Å². The summed E-state index contributed by atoms with van der Waals surface area (Å²) >= 11 is 0. The van der Waals surface area contributed by atoms with Gasteiger partial charge in [-0.1, -0.05) is 49.7 Å². The fourth-order valence-corrected chi connectivity index (χ4v) is 3.55. The van der Waals surface area contributed by atoms with Crippen molar-refractivity contribution < 1.29 is 32.1 Å². The van der Waals surface area contributed by atoms with Crippen LogP contribution < -0.4 is 4.74 Å². The van der Waals surface area contributed by atoms with E-state index >= 15 is 0 Å². The minimum atomic E-state index is -1.16. The predicted octanol–water partition coefficient (Wildman–Crippen LogP) is 6.39. The number of epoxide rings is 1. The van der Waals surface area contributed by atoms with Crippen LogP contribution in [0, 0.1) is 23.3 Å². The lowest BCUT2D eigenvalue weighted by Gasteiger charge is -2.14. The molecule has 0 amide bonds. The van der Waals surface area contributed by atoms with E-state index in [9.17, 15) is 22.7 Å². The molecule has 3 aromatic carbocycles. The Morgan fingerprint density at radius 3 is 2.31 bits per heavy atom. The second-order valence-electron chi connectivity index (χ2n) is 7.72. The molecule has 1 aliphatic heterocycles. The highest BCUT2D eigenvalue weighted by molar-refractivity contribution is 5.65. The van der Waals surface area contributed by atoms with Crippen LogP contribution in [-0.2, 0) is 11.3 Å². The van der Waals surface area contributed by atoms with Gasteiger partial charge in [-0.2, -0.15) is 4.39 Å². The van der Waals surface area contributed by atoms with Crippen molar-refractivity contribution in [3.05, 3.63) is 88.5 Å².